The third-order valence-electron chi connectivity index (χ3n) is 5.95. The zero-order valence-electron chi connectivity index (χ0n) is 23.7. The minimum Gasteiger partial charge on any atom is -0.460 e. The molecule has 2 aromatic rings. The van der Waals surface area contributed by atoms with Crippen molar-refractivity contribution in [1.82, 2.24) is 14.6 Å². The number of aliphatic hydroxyl groups excluding tert-OH is 1. The summed E-state index contributed by atoms with van der Waals surface area (Å²) in [5, 5.41) is 10.9. The number of hydrogen-bond donors (Lipinski definition) is 3. The van der Waals surface area contributed by atoms with Gasteiger partial charge in [-0.05, 0) is 18.6 Å². The summed E-state index contributed by atoms with van der Waals surface area (Å²) in [7, 11) is -4.25. The van der Waals surface area contributed by atoms with Gasteiger partial charge in [0, 0.05) is 17.4 Å². The molecule has 16 heteroatoms. The molecule has 1 aliphatic heterocycles. The van der Waals surface area contributed by atoms with Crippen LogP contribution in [-0.2, 0) is 34.5 Å². The Morgan fingerprint density at radius 1 is 1.26 bits per heavy atom. The van der Waals surface area contributed by atoms with Gasteiger partial charge < -0.3 is 15.6 Å². The lowest BCUT2D eigenvalue weighted by molar-refractivity contribution is -0.146. The second kappa shape index (κ2) is 15.0. The predicted octanol–water partition coefficient (Wildman–Crippen LogP) is 3.31. The normalized spacial score (nSPS) is 22.8. The summed E-state index contributed by atoms with van der Waals surface area (Å²) in [6, 6.07) is 9.18. The minimum absolute atomic E-state index is 0.00713. The molecular formula is C26H36FN4O8PS2. The summed E-state index contributed by atoms with van der Waals surface area (Å²) in [6.45, 7) is 6.09. The summed E-state index contributed by atoms with van der Waals surface area (Å²) < 4.78 is 46.1. The molecule has 0 spiro atoms. The van der Waals surface area contributed by atoms with Crippen molar-refractivity contribution in [3.05, 3.63) is 58.6 Å². The molecule has 2 heterocycles. The van der Waals surface area contributed by atoms with Gasteiger partial charge in [0.2, 0.25) is 0 Å². The van der Waals surface area contributed by atoms with E-state index in [9.17, 15) is 24.1 Å². The van der Waals surface area contributed by atoms with Crippen molar-refractivity contribution in [1.29, 1.82) is 0 Å². The van der Waals surface area contributed by atoms with Gasteiger partial charge in [-0.2, -0.15) is 4.98 Å². The van der Waals surface area contributed by atoms with Crippen LogP contribution in [0.25, 0.3) is 0 Å². The summed E-state index contributed by atoms with van der Waals surface area (Å²) in [5.41, 5.74) is 4.89. The average Bonchev–Trinajstić information content (AvgIpc) is 3.21. The van der Waals surface area contributed by atoms with Crippen LogP contribution in [-0.4, -0.2) is 68.3 Å². The topological polar surface area (TPSA) is 172 Å². The first kappa shape index (κ1) is 34.2. The number of thioether (sulfide) groups is 2. The van der Waals surface area contributed by atoms with Crippen LogP contribution in [0.1, 0.15) is 38.6 Å². The summed E-state index contributed by atoms with van der Waals surface area (Å²) in [6.07, 6.45) is -2.17. The number of rotatable bonds is 13. The number of aromatic nitrogens is 2. The Kier molecular flexibility index (Phi) is 12.2. The summed E-state index contributed by atoms with van der Waals surface area (Å²) >= 11 is 1.89. The van der Waals surface area contributed by atoms with Crippen LogP contribution < -0.4 is 16.5 Å². The highest BCUT2D eigenvalue weighted by molar-refractivity contribution is 8.13. The third kappa shape index (κ3) is 9.63. The maximum atomic E-state index is 15.0. The Morgan fingerprint density at radius 3 is 2.60 bits per heavy atom. The number of benzene rings is 1. The van der Waals surface area contributed by atoms with Crippen molar-refractivity contribution >= 4 is 48.2 Å². The van der Waals surface area contributed by atoms with Crippen LogP contribution in [0, 0.1) is 5.41 Å². The highest BCUT2D eigenvalue weighted by atomic mass is 32.2. The van der Waals surface area contributed by atoms with Gasteiger partial charge in [-0.3, -0.25) is 23.2 Å². The standard InChI is InChI=1S/C26H36FN4O8PS2/c1-16(23(33)37-14-17-8-6-5-7-9-17)30-40(36,38-12-13-41-24(34)26(2,3)4)39-15-18-21(32)20(27)22(42-18)31-11-10-19(28)29-25(31)35/h5-11,16,18,20-22,32H,12-15H2,1-4H3,(H,30,36)(H2,28,29,35)/t16-,18+,20-,21+,22+,40?/m0/s1. The van der Waals surface area contributed by atoms with Crippen LogP contribution in [0.3, 0.4) is 0 Å². The Hall–Kier alpha value is -2.26. The van der Waals surface area contributed by atoms with E-state index in [0.717, 1.165) is 33.7 Å². The molecule has 1 unspecified atom stereocenters. The van der Waals surface area contributed by atoms with Gasteiger partial charge in [-0.1, -0.05) is 62.9 Å². The highest BCUT2D eigenvalue weighted by Crippen LogP contribution is 2.49. The molecule has 0 amide bonds. The molecule has 232 valence electrons. The number of halogens is 1. The molecule has 6 atom stereocenters. The van der Waals surface area contributed by atoms with E-state index < -0.39 is 60.4 Å². The third-order valence-corrected chi connectivity index (χ3v) is 10.4. The number of nitrogen functional groups attached to an aromatic ring is 1. The molecule has 1 saturated heterocycles. The lowest BCUT2D eigenvalue weighted by Crippen LogP contribution is -2.36. The van der Waals surface area contributed by atoms with Crippen molar-refractivity contribution in [2.45, 2.75) is 63.2 Å². The van der Waals surface area contributed by atoms with Gasteiger partial charge >= 0.3 is 19.4 Å². The number of carbonyl (C=O) groups is 2. The van der Waals surface area contributed by atoms with Crippen LogP contribution in [0.4, 0.5) is 10.2 Å². The van der Waals surface area contributed by atoms with Crippen molar-refractivity contribution < 1.29 is 37.4 Å². The number of nitrogens with zero attached hydrogens (tertiary/aromatic N) is 2. The lowest BCUT2D eigenvalue weighted by Gasteiger charge is -2.24. The number of nitrogens with two attached hydrogens (primary N) is 1. The molecule has 0 bridgehead atoms. The zero-order valence-corrected chi connectivity index (χ0v) is 26.2. The number of alkyl halides is 1. The first-order chi connectivity index (χ1) is 19.7. The number of nitrogens with one attached hydrogen (secondary N) is 1. The van der Waals surface area contributed by atoms with Gasteiger partial charge in [0.05, 0.1) is 18.5 Å². The molecule has 1 aliphatic rings. The van der Waals surface area contributed by atoms with E-state index in [-0.39, 0.29) is 29.9 Å². The Balaban J connectivity index is 1.66. The highest BCUT2D eigenvalue weighted by Gasteiger charge is 2.46. The van der Waals surface area contributed by atoms with Crippen LogP contribution in [0.5, 0.6) is 0 Å². The number of aliphatic hydroxyl groups is 1. The van der Waals surface area contributed by atoms with Crippen molar-refractivity contribution in [2.75, 3.05) is 24.7 Å². The Morgan fingerprint density at radius 2 is 1.95 bits per heavy atom. The molecule has 0 saturated carbocycles. The van der Waals surface area contributed by atoms with E-state index in [2.05, 4.69) is 10.1 Å². The zero-order chi connectivity index (χ0) is 31.1. The van der Waals surface area contributed by atoms with E-state index >= 15 is 4.39 Å². The molecule has 3 rings (SSSR count). The molecule has 1 fully saturated rings. The van der Waals surface area contributed by atoms with Crippen LogP contribution in [0.15, 0.2) is 47.4 Å². The van der Waals surface area contributed by atoms with Gasteiger partial charge in [-0.15, -0.1) is 11.8 Å². The molecule has 0 radical (unpaired) electrons. The van der Waals surface area contributed by atoms with E-state index in [1.54, 1.807) is 45.0 Å². The molecular weight excluding hydrogens is 610 g/mol. The monoisotopic (exact) mass is 646 g/mol. The smallest absolute Gasteiger partial charge is 0.406 e. The second-order valence-corrected chi connectivity index (χ2v) is 14.7. The first-order valence-electron chi connectivity index (χ1n) is 13.1. The fourth-order valence-electron chi connectivity index (χ4n) is 3.62. The number of hydrogen-bond acceptors (Lipinski definition) is 12. The molecule has 42 heavy (non-hydrogen) atoms. The Bertz CT molecular complexity index is 1330. The van der Waals surface area contributed by atoms with E-state index in [0.29, 0.717) is 0 Å². The number of ether oxygens (including phenoxy) is 1. The van der Waals surface area contributed by atoms with Gasteiger partial charge in [0.15, 0.2) is 11.3 Å². The van der Waals surface area contributed by atoms with Crippen molar-refractivity contribution in [3.63, 3.8) is 0 Å². The van der Waals surface area contributed by atoms with E-state index in [1.165, 1.54) is 19.2 Å². The first-order valence-corrected chi connectivity index (χ1v) is 16.5. The molecule has 0 aliphatic carbocycles. The maximum absolute atomic E-state index is 15.0. The summed E-state index contributed by atoms with van der Waals surface area (Å²) in [4.78, 5) is 40.7. The van der Waals surface area contributed by atoms with Gasteiger partial charge in [0.25, 0.3) is 0 Å². The maximum Gasteiger partial charge on any atom is 0.406 e. The number of esters is 1. The van der Waals surface area contributed by atoms with E-state index in [4.69, 9.17) is 19.5 Å². The van der Waals surface area contributed by atoms with Crippen molar-refractivity contribution in [3.8, 4) is 0 Å². The SMILES string of the molecule is C[C@H](NP(=O)(OCCSC(=O)C(C)(C)C)OC[C@H]1S[C@@H](n2ccc(N)nc2=O)[C@@H](F)[C@@H]1O)C(=O)OCc1ccccc1. The van der Waals surface area contributed by atoms with Crippen LogP contribution >= 0.6 is 31.3 Å². The lowest BCUT2D eigenvalue weighted by atomic mass is 10.00. The fraction of sp³-hybridized carbons (Fsp3) is 0.538. The fourth-order valence-corrected chi connectivity index (χ4v) is 7.54. The minimum atomic E-state index is -4.25. The van der Waals surface area contributed by atoms with E-state index in [1.807, 2.05) is 6.07 Å². The van der Waals surface area contributed by atoms with Gasteiger partial charge in [-0.25, -0.2) is 18.8 Å². The quantitative estimate of drug-likeness (QED) is 0.165. The summed E-state index contributed by atoms with van der Waals surface area (Å²) in [5.74, 6) is -0.600. The van der Waals surface area contributed by atoms with Crippen LogP contribution in [0.2, 0.25) is 0 Å². The van der Waals surface area contributed by atoms with Crippen molar-refractivity contribution in [2.24, 2.45) is 5.41 Å². The number of anilines is 1. The second-order valence-electron chi connectivity index (χ2n) is 10.5. The predicted molar refractivity (Wildman–Crippen MR) is 159 cm³/mol. The Labute approximate surface area is 251 Å². The largest absolute Gasteiger partial charge is 0.460 e. The van der Waals surface area contributed by atoms with Gasteiger partial charge in [0.1, 0.15) is 29.9 Å². The molecule has 12 nitrogen and oxygen atoms in total. The molecule has 4 N–H and O–H groups in total. The molecule has 1 aromatic carbocycles. The number of carbonyl (C=O) groups excluding carboxylic acids is 2. The average molecular weight is 647 g/mol. The molecule has 1 aromatic heterocycles.